The Morgan fingerprint density at radius 1 is 1.19 bits per heavy atom. The lowest BCUT2D eigenvalue weighted by molar-refractivity contribution is -0.137. The number of amides is 1. The molecule has 164 valence electrons. The summed E-state index contributed by atoms with van der Waals surface area (Å²) < 4.78 is 40.9. The van der Waals surface area contributed by atoms with Crippen molar-refractivity contribution in [2.45, 2.75) is 44.8 Å². The van der Waals surface area contributed by atoms with Crippen LogP contribution >= 0.6 is 0 Å². The summed E-state index contributed by atoms with van der Waals surface area (Å²) >= 11 is 0. The summed E-state index contributed by atoms with van der Waals surface area (Å²) in [6.45, 7) is 5.05. The zero-order chi connectivity index (χ0) is 22.2. The van der Waals surface area contributed by atoms with E-state index in [0.717, 1.165) is 42.9 Å². The first kappa shape index (κ1) is 21.3. The number of carbonyl (C=O) groups is 1. The third kappa shape index (κ3) is 4.41. The summed E-state index contributed by atoms with van der Waals surface area (Å²) in [5.41, 5.74) is 1.40. The molecule has 3 heterocycles. The number of benzene rings is 1. The van der Waals surface area contributed by atoms with Crippen LogP contribution in [-0.4, -0.2) is 44.5 Å². The number of pyridine rings is 1. The molecule has 1 aromatic carbocycles. The van der Waals surface area contributed by atoms with E-state index in [1.54, 1.807) is 0 Å². The van der Waals surface area contributed by atoms with Crippen LogP contribution in [0, 0.1) is 6.92 Å². The predicted molar refractivity (Wildman–Crippen MR) is 111 cm³/mol. The Kier molecular flexibility index (Phi) is 5.70. The van der Waals surface area contributed by atoms with E-state index < -0.39 is 11.7 Å². The summed E-state index contributed by atoms with van der Waals surface area (Å²) in [7, 11) is 0. The first-order valence-electron chi connectivity index (χ1n) is 10.3. The van der Waals surface area contributed by atoms with E-state index in [9.17, 15) is 18.0 Å². The number of para-hydroxylation sites is 1. The second-order valence-corrected chi connectivity index (χ2v) is 8.02. The van der Waals surface area contributed by atoms with Crippen LogP contribution in [0.3, 0.4) is 0 Å². The Labute approximate surface area is 178 Å². The molecule has 0 bridgehead atoms. The van der Waals surface area contributed by atoms with Crippen LogP contribution < -0.4 is 5.32 Å². The fourth-order valence-electron chi connectivity index (χ4n) is 4.04. The third-order valence-electron chi connectivity index (χ3n) is 5.90. The van der Waals surface area contributed by atoms with Gasteiger partial charge in [-0.05, 0) is 57.0 Å². The van der Waals surface area contributed by atoms with Crippen molar-refractivity contribution in [2.75, 3.05) is 18.4 Å². The number of nitrogens with one attached hydrogen (secondary N) is 1. The topological polar surface area (TPSA) is 62.5 Å². The molecule has 1 fully saturated rings. The van der Waals surface area contributed by atoms with Crippen molar-refractivity contribution in [1.82, 2.24) is 19.5 Å². The van der Waals surface area contributed by atoms with Crippen LogP contribution in [0.2, 0.25) is 0 Å². The molecule has 1 aliphatic rings. The largest absolute Gasteiger partial charge is 0.417 e. The highest BCUT2D eigenvalue weighted by Gasteiger charge is 2.33. The molecule has 1 saturated heterocycles. The maximum atomic E-state index is 13.2. The Morgan fingerprint density at radius 2 is 1.97 bits per heavy atom. The summed E-state index contributed by atoms with van der Waals surface area (Å²) in [5.74, 6) is 0.277. The monoisotopic (exact) mass is 431 g/mol. The van der Waals surface area contributed by atoms with Gasteiger partial charge in [-0.15, -0.1) is 10.2 Å². The van der Waals surface area contributed by atoms with Gasteiger partial charge in [-0.1, -0.05) is 18.2 Å². The molecule has 31 heavy (non-hydrogen) atoms. The van der Waals surface area contributed by atoms with Crippen molar-refractivity contribution in [1.29, 1.82) is 0 Å². The van der Waals surface area contributed by atoms with Crippen LogP contribution in [0.5, 0.6) is 0 Å². The van der Waals surface area contributed by atoms with Gasteiger partial charge >= 0.3 is 6.18 Å². The van der Waals surface area contributed by atoms with Crippen LogP contribution in [0.25, 0.3) is 5.65 Å². The van der Waals surface area contributed by atoms with Gasteiger partial charge in [0.25, 0.3) is 0 Å². The number of hydrogen-bond acceptors (Lipinski definition) is 4. The molecule has 2 unspecified atom stereocenters. The standard InChI is InChI=1S/C22H24F3N5O/c1-14-6-3-4-8-18(14)26-21(31)15(2)29-11-5-7-16(12-29)20-28-27-19-10-9-17(13-30(19)20)22(23,24)25/h3-4,6,8-10,13,15-16H,5,7,11-12H2,1-2H3,(H,26,31). The first-order chi connectivity index (χ1) is 14.7. The van der Waals surface area contributed by atoms with Crippen LogP contribution in [0.4, 0.5) is 18.9 Å². The summed E-state index contributed by atoms with van der Waals surface area (Å²) in [5, 5.41) is 11.2. The van der Waals surface area contributed by atoms with Crippen LogP contribution in [-0.2, 0) is 11.0 Å². The SMILES string of the molecule is Cc1ccccc1NC(=O)C(C)N1CCCC(c2nnc3ccc(C(F)(F)F)cn23)C1. The van der Waals surface area contributed by atoms with E-state index in [1.807, 2.05) is 38.1 Å². The van der Waals surface area contributed by atoms with Crippen molar-refractivity contribution in [3.05, 3.63) is 59.5 Å². The normalized spacial score (nSPS) is 18.8. The average Bonchev–Trinajstić information content (AvgIpc) is 3.17. The molecular formula is C22H24F3N5O. The number of carbonyl (C=O) groups excluding carboxylic acids is 1. The third-order valence-corrected chi connectivity index (χ3v) is 5.90. The van der Waals surface area contributed by atoms with E-state index in [4.69, 9.17) is 0 Å². The van der Waals surface area contributed by atoms with E-state index in [1.165, 1.54) is 10.5 Å². The molecule has 2 atom stereocenters. The molecular weight excluding hydrogens is 407 g/mol. The second kappa shape index (κ2) is 8.30. The molecule has 6 nitrogen and oxygen atoms in total. The zero-order valence-electron chi connectivity index (χ0n) is 17.4. The number of rotatable bonds is 4. The highest BCUT2D eigenvalue weighted by atomic mass is 19.4. The number of fused-ring (bicyclic) bond motifs is 1. The van der Waals surface area contributed by atoms with Gasteiger partial charge in [-0.2, -0.15) is 13.2 Å². The van der Waals surface area contributed by atoms with Gasteiger partial charge in [0.2, 0.25) is 5.91 Å². The Morgan fingerprint density at radius 3 is 2.71 bits per heavy atom. The minimum Gasteiger partial charge on any atom is -0.324 e. The number of nitrogens with zero attached hydrogens (tertiary/aromatic N) is 4. The molecule has 9 heteroatoms. The van der Waals surface area contributed by atoms with Crippen molar-refractivity contribution in [3.63, 3.8) is 0 Å². The fourth-order valence-corrected chi connectivity index (χ4v) is 4.04. The highest BCUT2D eigenvalue weighted by molar-refractivity contribution is 5.95. The molecule has 0 radical (unpaired) electrons. The van der Waals surface area contributed by atoms with Gasteiger partial charge in [-0.3, -0.25) is 14.1 Å². The van der Waals surface area contributed by atoms with Crippen molar-refractivity contribution in [2.24, 2.45) is 0 Å². The quantitative estimate of drug-likeness (QED) is 0.671. The molecule has 4 rings (SSSR count). The smallest absolute Gasteiger partial charge is 0.324 e. The first-order valence-corrected chi connectivity index (χ1v) is 10.3. The van der Waals surface area contributed by atoms with Gasteiger partial charge < -0.3 is 5.32 Å². The summed E-state index contributed by atoms with van der Waals surface area (Å²) in [6, 6.07) is 9.54. The number of likely N-dealkylation sites (tertiary alicyclic amines) is 1. The van der Waals surface area contributed by atoms with Gasteiger partial charge in [0.15, 0.2) is 5.65 Å². The van der Waals surface area contributed by atoms with Crippen molar-refractivity contribution in [3.8, 4) is 0 Å². The van der Waals surface area contributed by atoms with E-state index in [2.05, 4.69) is 20.4 Å². The van der Waals surface area contributed by atoms with Gasteiger partial charge in [-0.25, -0.2) is 0 Å². The van der Waals surface area contributed by atoms with Gasteiger partial charge in [0.1, 0.15) is 5.82 Å². The maximum Gasteiger partial charge on any atom is 0.417 e. The zero-order valence-corrected chi connectivity index (χ0v) is 17.4. The second-order valence-electron chi connectivity index (χ2n) is 8.02. The molecule has 1 aliphatic heterocycles. The van der Waals surface area contributed by atoms with E-state index >= 15 is 0 Å². The number of piperidine rings is 1. The molecule has 0 saturated carbocycles. The summed E-state index contributed by atoms with van der Waals surface area (Å²) in [4.78, 5) is 14.9. The Hall–Kier alpha value is -2.94. The molecule has 0 spiro atoms. The molecule has 1 N–H and O–H groups in total. The maximum absolute atomic E-state index is 13.2. The van der Waals surface area contributed by atoms with Crippen molar-refractivity contribution < 1.29 is 18.0 Å². The predicted octanol–water partition coefficient (Wildman–Crippen LogP) is 4.26. The lowest BCUT2D eigenvalue weighted by Gasteiger charge is -2.35. The highest BCUT2D eigenvalue weighted by Crippen LogP contribution is 2.32. The number of halogens is 3. The Bertz CT molecular complexity index is 1090. The molecule has 2 aromatic heterocycles. The number of alkyl halides is 3. The lowest BCUT2D eigenvalue weighted by Crippen LogP contribution is -2.46. The van der Waals surface area contributed by atoms with E-state index in [0.29, 0.717) is 18.0 Å². The molecule has 0 aliphatic carbocycles. The number of hydrogen-bond donors (Lipinski definition) is 1. The number of anilines is 1. The number of aryl methyl sites for hydroxylation is 1. The number of aromatic nitrogens is 3. The fraction of sp³-hybridized carbons (Fsp3) is 0.409. The van der Waals surface area contributed by atoms with Crippen molar-refractivity contribution >= 4 is 17.2 Å². The minimum atomic E-state index is -4.43. The van der Waals surface area contributed by atoms with Crippen LogP contribution in [0.15, 0.2) is 42.6 Å². The molecule has 3 aromatic rings. The van der Waals surface area contributed by atoms with E-state index in [-0.39, 0.29) is 17.9 Å². The summed E-state index contributed by atoms with van der Waals surface area (Å²) in [6.07, 6.45) is -1.78. The minimum absolute atomic E-state index is 0.110. The molecule has 1 amide bonds. The van der Waals surface area contributed by atoms with Crippen LogP contribution in [0.1, 0.15) is 42.6 Å². The lowest BCUT2D eigenvalue weighted by atomic mass is 9.96. The van der Waals surface area contributed by atoms with Gasteiger partial charge in [0, 0.05) is 24.3 Å². The average molecular weight is 431 g/mol. The van der Waals surface area contributed by atoms with Gasteiger partial charge in [0.05, 0.1) is 11.6 Å². The Balaban J connectivity index is 1.52.